The van der Waals surface area contributed by atoms with Gasteiger partial charge in [-0.1, -0.05) is 37.0 Å². The van der Waals surface area contributed by atoms with E-state index in [2.05, 4.69) is 18.8 Å². The van der Waals surface area contributed by atoms with E-state index in [4.69, 9.17) is 23.2 Å². The number of carbonyl (C=O) groups excluding carboxylic acids is 1. The normalized spacial score (nSPS) is 12.6. The molecule has 0 saturated heterocycles. The molecule has 1 amide bonds. The minimum atomic E-state index is -0.0886. The molecule has 0 saturated carbocycles. The second kappa shape index (κ2) is 6.39. The molecule has 0 fully saturated rings. The Hall–Kier alpha value is -0.800. The third kappa shape index (κ3) is 4.14. The van der Waals surface area contributed by atoms with Crippen LogP contribution < -0.4 is 0 Å². The lowest BCUT2D eigenvalue weighted by atomic mass is 10.0. The lowest BCUT2D eigenvalue weighted by Gasteiger charge is -2.26. The average molecular weight is 289 g/mol. The van der Waals surface area contributed by atoms with Gasteiger partial charge in [-0.15, -0.1) is 0 Å². The van der Waals surface area contributed by atoms with E-state index >= 15 is 0 Å². The highest BCUT2D eigenvalue weighted by Gasteiger charge is 2.19. The Bertz CT molecular complexity index is 415. The minimum Gasteiger partial charge on any atom is -0.339 e. The molecule has 0 spiro atoms. The third-order valence-corrected chi connectivity index (χ3v) is 3.19. The highest BCUT2D eigenvalue weighted by atomic mass is 35.5. The summed E-state index contributed by atoms with van der Waals surface area (Å²) in [5, 5.41) is 0.464. The first-order valence-corrected chi connectivity index (χ1v) is 6.67. The number of pyridine rings is 1. The van der Waals surface area contributed by atoms with Gasteiger partial charge in [-0.25, -0.2) is 4.98 Å². The molecule has 0 bridgehead atoms. The Morgan fingerprint density at radius 3 is 2.22 bits per heavy atom. The summed E-state index contributed by atoms with van der Waals surface area (Å²) in [6.07, 6.45) is 0.953. The van der Waals surface area contributed by atoms with Gasteiger partial charge < -0.3 is 4.90 Å². The molecule has 0 radical (unpaired) electrons. The first-order valence-electron chi connectivity index (χ1n) is 5.91. The third-order valence-electron chi connectivity index (χ3n) is 2.80. The van der Waals surface area contributed by atoms with Crippen molar-refractivity contribution in [2.45, 2.75) is 33.2 Å². The van der Waals surface area contributed by atoms with Crippen molar-refractivity contribution >= 4 is 29.1 Å². The largest absolute Gasteiger partial charge is 0.339 e. The number of hydrogen-bond acceptors (Lipinski definition) is 2. The highest BCUT2D eigenvalue weighted by molar-refractivity contribution is 6.33. The van der Waals surface area contributed by atoms with Crippen molar-refractivity contribution in [3.63, 3.8) is 0 Å². The smallest absolute Gasteiger partial charge is 0.254 e. The molecule has 1 atom stereocenters. The van der Waals surface area contributed by atoms with Gasteiger partial charge in [0.05, 0.1) is 0 Å². The lowest BCUT2D eigenvalue weighted by molar-refractivity contribution is 0.0728. The first-order chi connectivity index (χ1) is 8.31. The van der Waals surface area contributed by atoms with Crippen LogP contribution in [0.5, 0.6) is 0 Å². The molecular formula is C13H18Cl2N2O. The Kier molecular flexibility index (Phi) is 5.42. The van der Waals surface area contributed by atoms with Crippen LogP contribution in [0, 0.1) is 5.92 Å². The van der Waals surface area contributed by atoms with Crippen LogP contribution >= 0.6 is 23.2 Å². The summed E-state index contributed by atoms with van der Waals surface area (Å²) in [5.74, 6) is 0.453. The number of carbonyl (C=O) groups is 1. The van der Waals surface area contributed by atoms with Crippen molar-refractivity contribution in [1.82, 2.24) is 9.88 Å². The second-order valence-corrected chi connectivity index (χ2v) is 5.67. The van der Waals surface area contributed by atoms with Crippen molar-refractivity contribution in [1.29, 1.82) is 0 Å². The Morgan fingerprint density at radius 1 is 1.28 bits per heavy atom. The summed E-state index contributed by atoms with van der Waals surface area (Å²) in [4.78, 5) is 17.8. The zero-order valence-electron chi connectivity index (χ0n) is 11.1. The van der Waals surface area contributed by atoms with Crippen LogP contribution in [0.25, 0.3) is 0 Å². The van der Waals surface area contributed by atoms with Crippen LogP contribution in [0.1, 0.15) is 37.6 Å². The van der Waals surface area contributed by atoms with Crippen LogP contribution in [0.3, 0.4) is 0 Å². The van der Waals surface area contributed by atoms with Crippen molar-refractivity contribution in [2.75, 3.05) is 7.05 Å². The fourth-order valence-corrected chi connectivity index (χ4v) is 2.29. The fourth-order valence-electron chi connectivity index (χ4n) is 1.83. The predicted octanol–water partition coefficient (Wildman–Crippen LogP) is 3.90. The van der Waals surface area contributed by atoms with E-state index in [0.717, 1.165) is 6.42 Å². The van der Waals surface area contributed by atoms with Gasteiger partial charge in [0.25, 0.3) is 5.91 Å². The van der Waals surface area contributed by atoms with E-state index in [1.807, 2.05) is 6.92 Å². The monoisotopic (exact) mass is 288 g/mol. The van der Waals surface area contributed by atoms with Gasteiger partial charge in [-0.05, 0) is 31.4 Å². The number of aromatic nitrogens is 1. The molecule has 1 heterocycles. The molecule has 0 aliphatic carbocycles. The number of amides is 1. The Labute approximate surface area is 118 Å². The maximum absolute atomic E-state index is 12.3. The quantitative estimate of drug-likeness (QED) is 0.788. The maximum atomic E-state index is 12.3. The number of rotatable bonds is 4. The fraction of sp³-hybridized carbons (Fsp3) is 0.538. The summed E-state index contributed by atoms with van der Waals surface area (Å²) in [7, 11) is 1.79. The van der Waals surface area contributed by atoms with Gasteiger partial charge in [0.15, 0.2) is 0 Å². The molecule has 0 N–H and O–H groups in total. The van der Waals surface area contributed by atoms with Gasteiger partial charge >= 0.3 is 0 Å². The van der Waals surface area contributed by atoms with E-state index < -0.39 is 0 Å². The van der Waals surface area contributed by atoms with E-state index in [1.165, 1.54) is 12.1 Å². The number of hydrogen-bond donors (Lipinski definition) is 0. The van der Waals surface area contributed by atoms with E-state index in [1.54, 1.807) is 11.9 Å². The van der Waals surface area contributed by atoms with Crippen LogP contribution in [-0.2, 0) is 0 Å². The molecule has 1 aromatic heterocycles. The summed E-state index contributed by atoms with van der Waals surface area (Å²) in [6, 6.07) is 3.24. The summed E-state index contributed by atoms with van der Waals surface area (Å²) in [6.45, 7) is 6.30. The Morgan fingerprint density at radius 2 is 1.78 bits per heavy atom. The molecule has 1 aromatic rings. The van der Waals surface area contributed by atoms with Gasteiger partial charge in [0, 0.05) is 18.7 Å². The van der Waals surface area contributed by atoms with E-state index in [0.29, 0.717) is 11.5 Å². The summed E-state index contributed by atoms with van der Waals surface area (Å²) in [5.41, 5.74) is 0.470. The molecule has 0 aromatic carbocycles. The molecular weight excluding hydrogens is 271 g/mol. The van der Waals surface area contributed by atoms with Crippen molar-refractivity contribution < 1.29 is 4.79 Å². The van der Waals surface area contributed by atoms with Crippen LogP contribution in [0.2, 0.25) is 10.3 Å². The van der Waals surface area contributed by atoms with Gasteiger partial charge in [-0.2, -0.15) is 0 Å². The standard InChI is InChI=1S/C13H18Cl2N2O/c1-8(2)5-9(3)17(4)13(18)10-6-11(14)16-12(15)7-10/h6-9H,5H2,1-4H3. The maximum Gasteiger partial charge on any atom is 0.254 e. The zero-order valence-corrected chi connectivity index (χ0v) is 12.6. The average Bonchev–Trinajstić information content (AvgIpc) is 2.24. The van der Waals surface area contributed by atoms with Crippen molar-refractivity contribution in [2.24, 2.45) is 5.92 Å². The first kappa shape index (κ1) is 15.3. The molecule has 0 aliphatic rings. The van der Waals surface area contributed by atoms with Crippen molar-refractivity contribution in [3.8, 4) is 0 Å². The zero-order chi connectivity index (χ0) is 13.9. The van der Waals surface area contributed by atoms with Crippen LogP contribution in [-0.4, -0.2) is 28.9 Å². The lowest BCUT2D eigenvalue weighted by Crippen LogP contribution is -2.35. The van der Waals surface area contributed by atoms with E-state index in [-0.39, 0.29) is 22.3 Å². The molecule has 3 nitrogen and oxygen atoms in total. The van der Waals surface area contributed by atoms with Gasteiger partial charge in [-0.3, -0.25) is 4.79 Å². The molecule has 100 valence electrons. The van der Waals surface area contributed by atoms with Gasteiger partial charge in [0.2, 0.25) is 0 Å². The SMILES string of the molecule is CC(C)CC(C)N(C)C(=O)c1cc(Cl)nc(Cl)c1. The highest BCUT2D eigenvalue weighted by Crippen LogP contribution is 2.18. The summed E-state index contributed by atoms with van der Waals surface area (Å²) >= 11 is 11.6. The minimum absolute atomic E-state index is 0.0886. The van der Waals surface area contributed by atoms with Crippen LogP contribution in [0.15, 0.2) is 12.1 Å². The molecule has 5 heteroatoms. The van der Waals surface area contributed by atoms with Crippen molar-refractivity contribution in [3.05, 3.63) is 28.0 Å². The predicted molar refractivity (Wildman–Crippen MR) is 75.3 cm³/mol. The van der Waals surface area contributed by atoms with Crippen LogP contribution in [0.4, 0.5) is 0 Å². The second-order valence-electron chi connectivity index (χ2n) is 4.90. The molecule has 18 heavy (non-hydrogen) atoms. The van der Waals surface area contributed by atoms with E-state index in [9.17, 15) is 4.79 Å². The molecule has 1 unspecified atom stereocenters. The number of halogens is 2. The topological polar surface area (TPSA) is 33.2 Å². The number of nitrogens with zero attached hydrogens (tertiary/aromatic N) is 2. The van der Waals surface area contributed by atoms with Gasteiger partial charge in [0.1, 0.15) is 10.3 Å². The summed E-state index contributed by atoms with van der Waals surface area (Å²) < 4.78 is 0. The Balaban J connectivity index is 2.86. The molecule has 0 aliphatic heterocycles. The molecule has 1 rings (SSSR count).